The van der Waals surface area contributed by atoms with E-state index in [2.05, 4.69) is 15.4 Å². The molecule has 0 spiro atoms. The summed E-state index contributed by atoms with van der Waals surface area (Å²) in [5.41, 5.74) is -0.265. The van der Waals surface area contributed by atoms with Crippen molar-refractivity contribution in [2.45, 2.75) is 39.2 Å². The van der Waals surface area contributed by atoms with Crippen LogP contribution in [0.15, 0.2) is 18.2 Å². The van der Waals surface area contributed by atoms with Crippen LogP contribution in [-0.2, 0) is 14.3 Å². The van der Waals surface area contributed by atoms with Crippen LogP contribution in [0.2, 0.25) is 0 Å². The zero-order valence-corrected chi connectivity index (χ0v) is 15.1. The van der Waals surface area contributed by atoms with Crippen LogP contribution >= 0.6 is 0 Å². The van der Waals surface area contributed by atoms with Crippen molar-refractivity contribution in [3.63, 3.8) is 0 Å². The molecule has 2 amide bonds. The Bertz CT molecular complexity index is 650. The molecule has 6 nitrogen and oxygen atoms in total. The minimum Gasteiger partial charge on any atom is -0.467 e. The van der Waals surface area contributed by atoms with E-state index in [9.17, 15) is 23.2 Å². The van der Waals surface area contributed by atoms with E-state index in [4.69, 9.17) is 0 Å². The molecule has 0 saturated heterocycles. The first-order valence-electron chi connectivity index (χ1n) is 8.35. The molecule has 0 bridgehead atoms. The molecular weight excluding hydrogens is 346 g/mol. The van der Waals surface area contributed by atoms with Gasteiger partial charge in [-0.25, -0.2) is 13.6 Å². The molecule has 1 unspecified atom stereocenters. The molecule has 0 fully saturated rings. The summed E-state index contributed by atoms with van der Waals surface area (Å²) in [6.45, 7) is 3.98. The van der Waals surface area contributed by atoms with Crippen molar-refractivity contribution in [3.05, 3.63) is 35.4 Å². The Morgan fingerprint density at radius 2 is 1.88 bits per heavy atom. The summed E-state index contributed by atoms with van der Waals surface area (Å²) in [6.07, 6.45) is 0.840. The number of amides is 2. The van der Waals surface area contributed by atoms with E-state index in [1.807, 2.05) is 13.8 Å². The lowest BCUT2D eigenvalue weighted by Crippen LogP contribution is -2.42. The average Bonchev–Trinajstić information content (AvgIpc) is 2.56. The van der Waals surface area contributed by atoms with Gasteiger partial charge < -0.3 is 15.4 Å². The number of benzene rings is 1. The Hall–Kier alpha value is -2.51. The molecule has 1 atom stereocenters. The van der Waals surface area contributed by atoms with E-state index >= 15 is 0 Å². The summed E-state index contributed by atoms with van der Waals surface area (Å²) in [5.74, 6) is -3.05. The molecule has 0 saturated carbocycles. The highest BCUT2D eigenvalue weighted by molar-refractivity contribution is 5.94. The van der Waals surface area contributed by atoms with Crippen molar-refractivity contribution in [3.8, 4) is 0 Å². The first-order chi connectivity index (χ1) is 12.2. The number of methoxy groups -OCH3 is 1. The van der Waals surface area contributed by atoms with Crippen molar-refractivity contribution in [2.24, 2.45) is 5.92 Å². The number of ether oxygens (including phenoxy) is 1. The van der Waals surface area contributed by atoms with Gasteiger partial charge in [0.15, 0.2) is 0 Å². The molecule has 144 valence electrons. The quantitative estimate of drug-likeness (QED) is 0.515. The maximum Gasteiger partial charge on any atom is 0.328 e. The number of halogens is 2. The maximum atomic E-state index is 13.5. The van der Waals surface area contributed by atoms with Crippen LogP contribution in [0.1, 0.15) is 43.5 Å². The number of hydrogen-bond acceptors (Lipinski definition) is 4. The second-order valence-corrected chi connectivity index (χ2v) is 6.26. The van der Waals surface area contributed by atoms with Crippen molar-refractivity contribution in [1.82, 2.24) is 10.6 Å². The summed E-state index contributed by atoms with van der Waals surface area (Å²) < 4.78 is 31.0. The minimum atomic E-state index is -0.949. The van der Waals surface area contributed by atoms with Gasteiger partial charge in [-0.15, -0.1) is 0 Å². The molecule has 0 heterocycles. The molecule has 0 aliphatic heterocycles. The molecule has 26 heavy (non-hydrogen) atoms. The topological polar surface area (TPSA) is 84.5 Å². The summed E-state index contributed by atoms with van der Waals surface area (Å²) >= 11 is 0. The summed E-state index contributed by atoms with van der Waals surface area (Å²) in [4.78, 5) is 35.4. The van der Waals surface area contributed by atoms with Gasteiger partial charge in [0.05, 0.1) is 12.7 Å². The fourth-order valence-electron chi connectivity index (χ4n) is 2.31. The first-order valence-corrected chi connectivity index (χ1v) is 8.35. The number of rotatable bonds is 9. The second-order valence-electron chi connectivity index (χ2n) is 6.26. The zero-order valence-electron chi connectivity index (χ0n) is 15.1. The van der Waals surface area contributed by atoms with Gasteiger partial charge in [-0.3, -0.25) is 9.59 Å². The van der Waals surface area contributed by atoms with Gasteiger partial charge in [0, 0.05) is 19.0 Å². The summed E-state index contributed by atoms with van der Waals surface area (Å²) in [7, 11) is 1.26. The largest absolute Gasteiger partial charge is 0.467 e. The summed E-state index contributed by atoms with van der Waals surface area (Å²) in [5, 5.41) is 5.07. The van der Waals surface area contributed by atoms with Gasteiger partial charge in [0.2, 0.25) is 5.91 Å². The number of esters is 1. The van der Waals surface area contributed by atoms with E-state index in [-0.39, 0.29) is 30.4 Å². The van der Waals surface area contributed by atoms with E-state index in [1.54, 1.807) is 0 Å². The highest BCUT2D eigenvalue weighted by Gasteiger charge is 2.22. The van der Waals surface area contributed by atoms with E-state index in [0.717, 1.165) is 12.1 Å². The van der Waals surface area contributed by atoms with Crippen molar-refractivity contribution in [2.75, 3.05) is 13.7 Å². The standard InChI is InChI=1S/C18H24F2N2O4/c1-11(2)9-15(18(25)26-3)22-16(23)5-4-8-21-17(24)13-7-6-12(19)10-14(13)20/h6-7,10-11,15H,4-5,8-9H2,1-3H3,(H,21,24)(H,22,23). The van der Waals surface area contributed by atoms with Gasteiger partial charge in [-0.1, -0.05) is 13.8 Å². The second kappa shape index (κ2) is 10.5. The molecule has 2 N–H and O–H groups in total. The van der Waals surface area contributed by atoms with Crippen molar-refractivity contribution < 1.29 is 27.9 Å². The number of hydrogen-bond donors (Lipinski definition) is 2. The SMILES string of the molecule is COC(=O)C(CC(C)C)NC(=O)CCCNC(=O)c1ccc(F)cc1F. The number of carbonyl (C=O) groups excluding carboxylic acids is 3. The van der Waals surface area contributed by atoms with E-state index in [1.165, 1.54) is 7.11 Å². The third-order valence-electron chi connectivity index (χ3n) is 3.57. The van der Waals surface area contributed by atoms with E-state index < -0.39 is 29.6 Å². The smallest absolute Gasteiger partial charge is 0.328 e. The average molecular weight is 370 g/mol. The highest BCUT2D eigenvalue weighted by atomic mass is 19.1. The fraction of sp³-hybridized carbons (Fsp3) is 0.500. The third kappa shape index (κ3) is 7.16. The van der Waals surface area contributed by atoms with Gasteiger partial charge in [0.25, 0.3) is 5.91 Å². The maximum absolute atomic E-state index is 13.5. The molecule has 1 aromatic rings. The monoisotopic (exact) mass is 370 g/mol. The Labute approximate surface area is 151 Å². The number of nitrogens with one attached hydrogen (secondary N) is 2. The predicted octanol–water partition coefficient (Wildman–Crippen LogP) is 2.18. The highest BCUT2D eigenvalue weighted by Crippen LogP contribution is 2.09. The van der Waals surface area contributed by atoms with Gasteiger partial charge in [-0.05, 0) is 30.9 Å². The molecular formula is C18H24F2N2O4. The number of carbonyl (C=O) groups is 3. The van der Waals surface area contributed by atoms with E-state index in [0.29, 0.717) is 18.9 Å². The molecule has 0 aliphatic rings. The van der Waals surface area contributed by atoms with Gasteiger partial charge in [0.1, 0.15) is 17.7 Å². The predicted molar refractivity (Wildman–Crippen MR) is 91.3 cm³/mol. The Morgan fingerprint density at radius 3 is 2.46 bits per heavy atom. The Morgan fingerprint density at radius 1 is 1.19 bits per heavy atom. The Kier molecular flexibility index (Phi) is 8.67. The molecule has 0 aliphatic carbocycles. The Balaban J connectivity index is 2.40. The lowest BCUT2D eigenvalue weighted by molar-refractivity contribution is -0.145. The van der Waals surface area contributed by atoms with Crippen LogP contribution in [0.25, 0.3) is 0 Å². The minimum absolute atomic E-state index is 0.0811. The zero-order chi connectivity index (χ0) is 19.7. The molecule has 1 aromatic carbocycles. The van der Waals surface area contributed by atoms with Crippen LogP contribution in [0, 0.1) is 17.6 Å². The first kappa shape index (κ1) is 21.5. The van der Waals surface area contributed by atoms with Crippen LogP contribution in [0.3, 0.4) is 0 Å². The molecule has 0 radical (unpaired) electrons. The van der Waals surface area contributed by atoms with Crippen molar-refractivity contribution in [1.29, 1.82) is 0 Å². The fourth-order valence-corrected chi connectivity index (χ4v) is 2.31. The molecule has 1 rings (SSSR count). The third-order valence-corrected chi connectivity index (χ3v) is 3.57. The van der Waals surface area contributed by atoms with Gasteiger partial charge >= 0.3 is 5.97 Å². The lowest BCUT2D eigenvalue weighted by atomic mass is 10.0. The normalized spacial score (nSPS) is 11.8. The van der Waals surface area contributed by atoms with Gasteiger partial charge in [-0.2, -0.15) is 0 Å². The van der Waals surface area contributed by atoms with Crippen LogP contribution in [0.4, 0.5) is 8.78 Å². The molecule has 8 heteroatoms. The lowest BCUT2D eigenvalue weighted by Gasteiger charge is -2.18. The van der Waals surface area contributed by atoms with Crippen molar-refractivity contribution >= 4 is 17.8 Å². The van der Waals surface area contributed by atoms with Crippen LogP contribution in [0.5, 0.6) is 0 Å². The van der Waals surface area contributed by atoms with Crippen LogP contribution < -0.4 is 10.6 Å². The van der Waals surface area contributed by atoms with Crippen LogP contribution in [-0.4, -0.2) is 37.5 Å². The molecule has 0 aromatic heterocycles. The summed E-state index contributed by atoms with van der Waals surface area (Å²) in [6, 6.07) is 1.96.